The van der Waals surface area contributed by atoms with Gasteiger partial charge in [0.25, 0.3) is 0 Å². The summed E-state index contributed by atoms with van der Waals surface area (Å²) in [5.74, 6) is 0. The van der Waals surface area contributed by atoms with Gasteiger partial charge in [0.15, 0.2) is 0 Å². The number of piperidine rings is 1. The molecule has 2 heteroatoms. The highest BCUT2D eigenvalue weighted by molar-refractivity contribution is 5.46. The molecule has 1 heterocycles. The molecule has 1 aromatic carbocycles. The molecular formula is C17H26N2. The summed E-state index contributed by atoms with van der Waals surface area (Å²) >= 11 is 0. The van der Waals surface area contributed by atoms with Gasteiger partial charge in [0, 0.05) is 17.8 Å². The molecule has 0 spiro atoms. The van der Waals surface area contributed by atoms with Crippen molar-refractivity contribution >= 4 is 5.69 Å². The van der Waals surface area contributed by atoms with Gasteiger partial charge in [-0.05, 0) is 57.0 Å². The lowest BCUT2D eigenvalue weighted by molar-refractivity contribution is 0.187. The van der Waals surface area contributed by atoms with E-state index in [1.54, 1.807) is 0 Å². The second-order valence-corrected chi connectivity index (χ2v) is 6.24. The van der Waals surface area contributed by atoms with Gasteiger partial charge < -0.3 is 5.32 Å². The zero-order valence-corrected chi connectivity index (χ0v) is 12.1. The highest BCUT2D eigenvalue weighted by atomic mass is 15.1. The predicted molar refractivity (Wildman–Crippen MR) is 81.5 cm³/mol. The van der Waals surface area contributed by atoms with Crippen molar-refractivity contribution in [3.8, 4) is 0 Å². The van der Waals surface area contributed by atoms with Crippen molar-refractivity contribution in [3.63, 3.8) is 0 Å². The molecule has 1 saturated heterocycles. The van der Waals surface area contributed by atoms with Gasteiger partial charge in [-0.2, -0.15) is 0 Å². The molecule has 0 unspecified atom stereocenters. The summed E-state index contributed by atoms with van der Waals surface area (Å²) < 4.78 is 0. The standard InChI is InChI=1S/C17H26N2/c1-19-13-5-4-8-17(19)14-9-11-16(12-10-14)18-15-6-2-3-7-15/h9-12,15,17-18H,2-8,13H2,1H3/t17-/m1/s1. The van der Waals surface area contributed by atoms with E-state index in [1.807, 2.05) is 0 Å². The molecule has 1 aliphatic carbocycles. The maximum atomic E-state index is 3.67. The van der Waals surface area contributed by atoms with E-state index in [2.05, 4.69) is 41.5 Å². The Hall–Kier alpha value is -1.02. The summed E-state index contributed by atoms with van der Waals surface area (Å²) in [6.45, 7) is 1.24. The van der Waals surface area contributed by atoms with E-state index in [0.29, 0.717) is 12.1 Å². The SMILES string of the molecule is CN1CCCC[C@@H]1c1ccc(NC2CCCC2)cc1. The Bertz CT molecular complexity index is 392. The van der Waals surface area contributed by atoms with Crippen molar-refractivity contribution in [2.24, 2.45) is 0 Å². The van der Waals surface area contributed by atoms with Gasteiger partial charge in [-0.25, -0.2) is 0 Å². The molecule has 2 nitrogen and oxygen atoms in total. The van der Waals surface area contributed by atoms with Gasteiger partial charge in [-0.1, -0.05) is 31.4 Å². The van der Waals surface area contributed by atoms with Crippen LogP contribution < -0.4 is 5.32 Å². The minimum atomic E-state index is 0.634. The van der Waals surface area contributed by atoms with E-state index < -0.39 is 0 Å². The van der Waals surface area contributed by atoms with Crippen LogP contribution in [-0.4, -0.2) is 24.5 Å². The lowest BCUT2D eigenvalue weighted by Crippen LogP contribution is -2.29. The van der Waals surface area contributed by atoms with Gasteiger partial charge >= 0.3 is 0 Å². The maximum absolute atomic E-state index is 3.67. The molecule has 1 aliphatic heterocycles. The Morgan fingerprint density at radius 2 is 1.63 bits per heavy atom. The van der Waals surface area contributed by atoms with Crippen LogP contribution in [0.3, 0.4) is 0 Å². The van der Waals surface area contributed by atoms with Gasteiger partial charge in [-0.3, -0.25) is 4.90 Å². The lowest BCUT2D eigenvalue weighted by Gasteiger charge is -2.32. The molecule has 1 N–H and O–H groups in total. The fourth-order valence-electron chi connectivity index (χ4n) is 3.60. The number of hydrogen-bond acceptors (Lipinski definition) is 2. The van der Waals surface area contributed by atoms with Gasteiger partial charge in [0.2, 0.25) is 0 Å². The highest BCUT2D eigenvalue weighted by Gasteiger charge is 2.20. The summed E-state index contributed by atoms with van der Waals surface area (Å²) in [5.41, 5.74) is 2.79. The van der Waals surface area contributed by atoms with Gasteiger partial charge in [0.1, 0.15) is 0 Å². The molecule has 2 aliphatic rings. The van der Waals surface area contributed by atoms with Crippen LogP contribution in [-0.2, 0) is 0 Å². The summed E-state index contributed by atoms with van der Waals surface area (Å²) in [6, 6.07) is 10.5. The van der Waals surface area contributed by atoms with Crippen molar-refractivity contribution < 1.29 is 0 Å². The van der Waals surface area contributed by atoms with Crippen LogP contribution in [0.5, 0.6) is 0 Å². The van der Waals surface area contributed by atoms with Crippen molar-refractivity contribution in [3.05, 3.63) is 29.8 Å². The number of benzene rings is 1. The third-order valence-corrected chi connectivity index (χ3v) is 4.79. The fraction of sp³-hybridized carbons (Fsp3) is 0.647. The van der Waals surface area contributed by atoms with E-state index in [4.69, 9.17) is 0 Å². The Morgan fingerprint density at radius 1 is 0.947 bits per heavy atom. The fourth-order valence-corrected chi connectivity index (χ4v) is 3.60. The van der Waals surface area contributed by atoms with Crippen LogP contribution in [0.25, 0.3) is 0 Å². The van der Waals surface area contributed by atoms with E-state index in [1.165, 1.54) is 62.7 Å². The Labute approximate surface area is 117 Å². The van der Waals surface area contributed by atoms with E-state index in [-0.39, 0.29) is 0 Å². The second kappa shape index (κ2) is 5.96. The first-order valence-electron chi connectivity index (χ1n) is 7.90. The molecule has 0 aromatic heterocycles. The molecule has 0 amide bonds. The summed E-state index contributed by atoms with van der Waals surface area (Å²) in [4.78, 5) is 2.50. The van der Waals surface area contributed by atoms with E-state index in [0.717, 1.165) is 0 Å². The van der Waals surface area contributed by atoms with Crippen molar-refractivity contribution in [2.75, 3.05) is 18.9 Å². The molecule has 1 atom stereocenters. The van der Waals surface area contributed by atoms with Crippen molar-refractivity contribution in [2.45, 2.75) is 57.0 Å². The number of nitrogens with one attached hydrogen (secondary N) is 1. The average Bonchev–Trinajstić information content (AvgIpc) is 2.93. The highest BCUT2D eigenvalue weighted by Crippen LogP contribution is 2.30. The van der Waals surface area contributed by atoms with Crippen molar-refractivity contribution in [1.82, 2.24) is 4.90 Å². The molecule has 1 aromatic rings. The zero-order chi connectivity index (χ0) is 13.1. The quantitative estimate of drug-likeness (QED) is 0.874. The third kappa shape index (κ3) is 3.11. The number of rotatable bonds is 3. The molecule has 0 bridgehead atoms. The monoisotopic (exact) mass is 258 g/mol. The smallest absolute Gasteiger partial charge is 0.0345 e. The second-order valence-electron chi connectivity index (χ2n) is 6.24. The summed E-state index contributed by atoms with van der Waals surface area (Å²) in [5, 5.41) is 3.67. The number of nitrogens with zero attached hydrogens (tertiary/aromatic N) is 1. The molecule has 19 heavy (non-hydrogen) atoms. The Balaban J connectivity index is 1.64. The minimum absolute atomic E-state index is 0.634. The van der Waals surface area contributed by atoms with Crippen LogP contribution in [0.1, 0.15) is 56.6 Å². The number of hydrogen-bond donors (Lipinski definition) is 1. The van der Waals surface area contributed by atoms with Crippen LogP contribution in [0.15, 0.2) is 24.3 Å². The van der Waals surface area contributed by atoms with E-state index >= 15 is 0 Å². The normalized spacial score (nSPS) is 25.6. The largest absolute Gasteiger partial charge is 0.382 e. The maximum Gasteiger partial charge on any atom is 0.0345 e. The Kier molecular flexibility index (Phi) is 4.07. The minimum Gasteiger partial charge on any atom is -0.382 e. The Morgan fingerprint density at radius 3 is 2.32 bits per heavy atom. The average molecular weight is 258 g/mol. The summed E-state index contributed by atoms with van der Waals surface area (Å²) in [7, 11) is 2.26. The van der Waals surface area contributed by atoms with E-state index in [9.17, 15) is 0 Å². The summed E-state index contributed by atoms with van der Waals surface area (Å²) in [6.07, 6.45) is 9.50. The van der Waals surface area contributed by atoms with Crippen LogP contribution in [0.4, 0.5) is 5.69 Å². The van der Waals surface area contributed by atoms with Crippen LogP contribution in [0.2, 0.25) is 0 Å². The van der Waals surface area contributed by atoms with Gasteiger partial charge in [0.05, 0.1) is 0 Å². The molecule has 2 fully saturated rings. The first-order chi connectivity index (χ1) is 9.33. The first-order valence-corrected chi connectivity index (χ1v) is 7.90. The third-order valence-electron chi connectivity index (χ3n) is 4.79. The zero-order valence-electron chi connectivity index (χ0n) is 12.1. The number of likely N-dealkylation sites (tertiary alicyclic amines) is 1. The van der Waals surface area contributed by atoms with Gasteiger partial charge in [-0.15, -0.1) is 0 Å². The van der Waals surface area contributed by atoms with Crippen LogP contribution >= 0.6 is 0 Å². The van der Waals surface area contributed by atoms with Crippen LogP contribution in [0, 0.1) is 0 Å². The topological polar surface area (TPSA) is 15.3 Å². The molecule has 3 rings (SSSR count). The molecule has 1 saturated carbocycles. The number of anilines is 1. The molecule has 104 valence electrons. The molecule has 0 radical (unpaired) electrons. The lowest BCUT2D eigenvalue weighted by atomic mass is 9.96. The van der Waals surface area contributed by atoms with Crippen molar-refractivity contribution in [1.29, 1.82) is 0 Å². The first kappa shape index (κ1) is 13.0. The molecular weight excluding hydrogens is 232 g/mol. The predicted octanol–water partition coefficient (Wildman–Crippen LogP) is 4.20.